The predicted molar refractivity (Wildman–Crippen MR) is 55.5 cm³/mol. The summed E-state index contributed by atoms with van der Waals surface area (Å²) in [4.78, 5) is 11.1. The Morgan fingerprint density at radius 2 is 2.12 bits per heavy atom. The van der Waals surface area contributed by atoms with Crippen LogP contribution in [0.4, 0.5) is 23.7 Å². The van der Waals surface area contributed by atoms with E-state index in [-0.39, 0.29) is 12.4 Å². The van der Waals surface area contributed by atoms with Gasteiger partial charge in [-0.2, -0.15) is 13.2 Å². The first kappa shape index (κ1) is 13.3. The average molecular weight is 248 g/mol. The number of amides is 2. The van der Waals surface area contributed by atoms with Crippen LogP contribution in [0.25, 0.3) is 0 Å². The van der Waals surface area contributed by atoms with Gasteiger partial charge in [0, 0.05) is 12.8 Å². The van der Waals surface area contributed by atoms with Crippen molar-refractivity contribution in [2.75, 3.05) is 19.2 Å². The van der Waals surface area contributed by atoms with Crippen LogP contribution in [0.15, 0.2) is 24.3 Å². The number of hydrogen-bond donors (Lipinski definition) is 2. The van der Waals surface area contributed by atoms with Crippen LogP contribution >= 0.6 is 0 Å². The lowest BCUT2D eigenvalue weighted by atomic mass is 10.2. The summed E-state index contributed by atoms with van der Waals surface area (Å²) in [5.74, 6) is 0. The van der Waals surface area contributed by atoms with E-state index in [0.717, 1.165) is 12.1 Å². The Bertz CT molecular complexity index is 393. The van der Waals surface area contributed by atoms with E-state index in [1.807, 2.05) is 0 Å². The summed E-state index contributed by atoms with van der Waals surface area (Å²) in [6, 6.07) is 3.73. The van der Waals surface area contributed by atoms with Crippen LogP contribution in [0.2, 0.25) is 0 Å². The minimum absolute atomic E-state index is 0.0230. The Labute approximate surface area is 95.8 Å². The standard InChI is InChI=1S/C10H11F3N2O2/c1-17-6-14-9(16)15-8-4-2-3-7(5-8)10(11,12)13/h2-5H,6H2,1H3,(H2,14,15,16). The maximum Gasteiger partial charge on any atom is 0.416 e. The Kier molecular flexibility index (Phi) is 4.33. The van der Waals surface area contributed by atoms with Gasteiger partial charge < -0.3 is 15.4 Å². The molecule has 0 unspecified atom stereocenters. The summed E-state index contributed by atoms with van der Waals surface area (Å²) in [6.45, 7) is -0.0230. The second-order valence-electron chi connectivity index (χ2n) is 3.14. The molecule has 1 rings (SSSR count). The zero-order chi connectivity index (χ0) is 12.9. The molecule has 2 N–H and O–H groups in total. The molecular weight excluding hydrogens is 237 g/mol. The van der Waals surface area contributed by atoms with Gasteiger partial charge >= 0.3 is 12.2 Å². The zero-order valence-electron chi connectivity index (χ0n) is 8.97. The summed E-state index contributed by atoms with van der Waals surface area (Å²) in [5, 5.41) is 4.54. The molecule has 17 heavy (non-hydrogen) atoms. The number of carbonyl (C=O) groups is 1. The topological polar surface area (TPSA) is 50.4 Å². The van der Waals surface area contributed by atoms with E-state index in [1.165, 1.54) is 19.2 Å². The van der Waals surface area contributed by atoms with Crippen molar-refractivity contribution in [1.29, 1.82) is 0 Å². The number of nitrogens with one attached hydrogen (secondary N) is 2. The monoisotopic (exact) mass is 248 g/mol. The van der Waals surface area contributed by atoms with E-state index in [1.54, 1.807) is 0 Å². The van der Waals surface area contributed by atoms with Gasteiger partial charge in [0.1, 0.15) is 6.73 Å². The molecule has 1 aromatic rings. The molecule has 0 radical (unpaired) electrons. The number of benzene rings is 1. The van der Waals surface area contributed by atoms with Crippen molar-refractivity contribution in [3.8, 4) is 0 Å². The fourth-order valence-corrected chi connectivity index (χ4v) is 1.09. The molecule has 94 valence electrons. The van der Waals surface area contributed by atoms with Crippen LogP contribution in [0, 0.1) is 0 Å². The minimum atomic E-state index is -4.43. The van der Waals surface area contributed by atoms with Gasteiger partial charge in [-0.05, 0) is 18.2 Å². The SMILES string of the molecule is COCNC(=O)Nc1cccc(C(F)(F)F)c1. The molecule has 0 aliphatic rings. The molecule has 0 saturated heterocycles. The molecule has 4 nitrogen and oxygen atoms in total. The summed E-state index contributed by atoms with van der Waals surface area (Å²) >= 11 is 0. The van der Waals surface area contributed by atoms with Gasteiger partial charge in [0.2, 0.25) is 0 Å². The highest BCUT2D eigenvalue weighted by Gasteiger charge is 2.30. The number of methoxy groups -OCH3 is 1. The number of rotatable bonds is 3. The number of alkyl halides is 3. The van der Waals surface area contributed by atoms with Gasteiger partial charge in [0.25, 0.3) is 0 Å². The van der Waals surface area contributed by atoms with Crippen molar-refractivity contribution in [3.05, 3.63) is 29.8 Å². The predicted octanol–water partition coefficient (Wildman–Crippen LogP) is 2.43. The smallest absolute Gasteiger partial charge is 0.364 e. The largest absolute Gasteiger partial charge is 0.416 e. The van der Waals surface area contributed by atoms with E-state index in [0.29, 0.717) is 0 Å². The van der Waals surface area contributed by atoms with Crippen molar-refractivity contribution >= 4 is 11.7 Å². The zero-order valence-corrected chi connectivity index (χ0v) is 8.97. The van der Waals surface area contributed by atoms with E-state index in [4.69, 9.17) is 0 Å². The van der Waals surface area contributed by atoms with Crippen LogP contribution < -0.4 is 10.6 Å². The van der Waals surface area contributed by atoms with Crippen molar-refractivity contribution in [1.82, 2.24) is 5.32 Å². The number of halogens is 3. The maximum absolute atomic E-state index is 12.4. The van der Waals surface area contributed by atoms with E-state index >= 15 is 0 Å². The molecule has 1 aromatic carbocycles. The second kappa shape index (κ2) is 5.53. The highest BCUT2D eigenvalue weighted by atomic mass is 19.4. The second-order valence-corrected chi connectivity index (χ2v) is 3.14. The number of urea groups is 1. The fourth-order valence-electron chi connectivity index (χ4n) is 1.09. The molecule has 0 spiro atoms. The Morgan fingerprint density at radius 3 is 2.71 bits per heavy atom. The Balaban J connectivity index is 2.69. The lowest BCUT2D eigenvalue weighted by Gasteiger charge is -2.10. The van der Waals surface area contributed by atoms with Gasteiger partial charge in [-0.25, -0.2) is 4.79 Å². The molecule has 0 aromatic heterocycles. The lowest BCUT2D eigenvalue weighted by molar-refractivity contribution is -0.137. The van der Waals surface area contributed by atoms with Crippen LogP contribution in [0.5, 0.6) is 0 Å². The van der Waals surface area contributed by atoms with Crippen molar-refractivity contribution in [3.63, 3.8) is 0 Å². The summed E-state index contributed by atoms with van der Waals surface area (Å²) < 4.78 is 41.7. The normalized spacial score (nSPS) is 11.1. The molecular formula is C10H11F3N2O2. The third-order valence-corrected chi connectivity index (χ3v) is 1.82. The molecule has 0 bridgehead atoms. The number of anilines is 1. The molecule has 0 heterocycles. The molecule has 0 atom stereocenters. The van der Waals surface area contributed by atoms with E-state index in [2.05, 4.69) is 15.4 Å². The summed E-state index contributed by atoms with van der Waals surface area (Å²) in [7, 11) is 1.38. The van der Waals surface area contributed by atoms with E-state index < -0.39 is 17.8 Å². The van der Waals surface area contributed by atoms with Gasteiger partial charge in [-0.1, -0.05) is 6.07 Å². The molecule has 7 heteroatoms. The van der Waals surface area contributed by atoms with Crippen LogP contribution in [-0.4, -0.2) is 19.9 Å². The number of hydrogen-bond acceptors (Lipinski definition) is 2. The summed E-state index contributed by atoms with van der Waals surface area (Å²) in [5.41, 5.74) is -0.754. The van der Waals surface area contributed by atoms with Crippen LogP contribution in [-0.2, 0) is 10.9 Å². The first-order chi connectivity index (χ1) is 7.93. The third kappa shape index (κ3) is 4.31. The Morgan fingerprint density at radius 1 is 1.41 bits per heavy atom. The molecule has 0 saturated carbocycles. The van der Waals surface area contributed by atoms with Crippen LogP contribution in [0.1, 0.15) is 5.56 Å². The van der Waals surface area contributed by atoms with Crippen LogP contribution in [0.3, 0.4) is 0 Å². The lowest BCUT2D eigenvalue weighted by Crippen LogP contribution is -2.30. The Hall–Kier alpha value is -1.76. The van der Waals surface area contributed by atoms with Crippen molar-refractivity contribution < 1.29 is 22.7 Å². The van der Waals surface area contributed by atoms with E-state index in [9.17, 15) is 18.0 Å². The highest BCUT2D eigenvalue weighted by molar-refractivity contribution is 5.89. The molecule has 0 aliphatic carbocycles. The fraction of sp³-hybridized carbons (Fsp3) is 0.300. The molecule has 0 fully saturated rings. The summed E-state index contributed by atoms with van der Waals surface area (Å²) in [6.07, 6.45) is -4.43. The van der Waals surface area contributed by atoms with Gasteiger partial charge in [0.15, 0.2) is 0 Å². The number of ether oxygens (including phenoxy) is 1. The van der Waals surface area contributed by atoms with Crippen molar-refractivity contribution in [2.24, 2.45) is 0 Å². The molecule has 0 aliphatic heterocycles. The quantitative estimate of drug-likeness (QED) is 0.807. The first-order valence-corrected chi connectivity index (χ1v) is 4.64. The van der Waals surface area contributed by atoms with Gasteiger partial charge in [-0.15, -0.1) is 0 Å². The average Bonchev–Trinajstić information content (AvgIpc) is 2.25. The maximum atomic E-state index is 12.4. The minimum Gasteiger partial charge on any atom is -0.364 e. The first-order valence-electron chi connectivity index (χ1n) is 4.64. The van der Waals surface area contributed by atoms with Gasteiger partial charge in [0.05, 0.1) is 5.56 Å². The third-order valence-electron chi connectivity index (χ3n) is 1.82. The van der Waals surface area contributed by atoms with Gasteiger partial charge in [-0.3, -0.25) is 0 Å². The van der Waals surface area contributed by atoms with Crippen molar-refractivity contribution in [2.45, 2.75) is 6.18 Å². The molecule has 2 amide bonds. The number of carbonyl (C=O) groups excluding carboxylic acids is 1. The highest BCUT2D eigenvalue weighted by Crippen LogP contribution is 2.30.